The van der Waals surface area contributed by atoms with Gasteiger partial charge in [0, 0.05) is 30.7 Å². The number of rotatable bonds is 6. The number of carbonyl (C=O) groups excluding carboxylic acids is 2. The van der Waals surface area contributed by atoms with E-state index < -0.39 is 0 Å². The Bertz CT molecular complexity index is 1330. The summed E-state index contributed by atoms with van der Waals surface area (Å²) < 4.78 is 1.62. The number of H-pyrrole nitrogens is 1. The smallest absolute Gasteiger partial charge is 0.267 e. The van der Waals surface area contributed by atoms with Gasteiger partial charge in [-0.15, -0.1) is 0 Å². The maximum atomic E-state index is 13.0. The van der Waals surface area contributed by atoms with Crippen molar-refractivity contribution in [3.63, 3.8) is 0 Å². The molecule has 10 nitrogen and oxygen atoms in total. The Morgan fingerprint density at radius 2 is 2.00 bits per heavy atom. The van der Waals surface area contributed by atoms with Crippen LogP contribution in [0, 0.1) is 13.8 Å². The lowest BCUT2D eigenvalue weighted by Crippen LogP contribution is -2.31. The molecule has 2 amide bonds. The Balaban J connectivity index is 1.27. The number of thiazole rings is 1. The molecule has 4 heterocycles. The van der Waals surface area contributed by atoms with Gasteiger partial charge < -0.3 is 15.5 Å². The van der Waals surface area contributed by atoms with Crippen LogP contribution in [0.5, 0.6) is 0 Å². The molecule has 170 valence electrons. The van der Waals surface area contributed by atoms with E-state index >= 15 is 0 Å². The average Bonchev–Trinajstić information content (AvgIpc) is 3.57. The van der Waals surface area contributed by atoms with E-state index in [1.54, 1.807) is 30.1 Å². The van der Waals surface area contributed by atoms with E-state index in [4.69, 9.17) is 0 Å². The van der Waals surface area contributed by atoms with Crippen molar-refractivity contribution in [1.82, 2.24) is 29.9 Å². The van der Waals surface area contributed by atoms with Gasteiger partial charge >= 0.3 is 0 Å². The van der Waals surface area contributed by atoms with Crippen LogP contribution in [0.3, 0.4) is 0 Å². The van der Waals surface area contributed by atoms with Crippen molar-refractivity contribution in [3.05, 3.63) is 46.7 Å². The van der Waals surface area contributed by atoms with Crippen LogP contribution in [0.25, 0.3) is 10.9 Å². The minimum absolute atomic E-state index is 0.0779. The third-order valence-corrected chi connectivity index (χ3v) is 6.78. The van der Waals surface area contributed by atoms with Gasteiger partial charge in [0.25, 0.3) is 5.91 Å². The first-order valence-corrected chi connectivity index (χ1v) is 11.6. The van der Waals surface area contributed by atoms with Gasteiger partial charge in [-0.05, 0) is 38.3 Å². The van der Waals surface area contributed by atoms with Crippen LogP contribution in [0.1, 0.15) is 33.8 Å². The number of likely N-dealkylation sites (tertiary alicyclic amines) is 1. The summed E-state index contributed by atoms with van der Waals surface area (Å²) in [6, 6.07) is 5.66. The summed E-state index contributed by atoms with van der Waals surface area (Å²) in [5.41, 5.74) is 3.17. The van der Waals surface area contributed by atoms with Crippen molar-refractivity contribution >= 4 is 50.7 Å². The molecule has 33 heavy (non-hydrogen) atoms. The first kappa shape index (κ1) is 21.1. The molecular formula is C22H24N8O2S. The van der Waals surface area contributed by atoms with Crippen molar-refractivity contribution in [2.45, 2.75) is 33.2 Å². The van der Waals surface area contributed by atoms with Gasteiger partial charge in [-0.1, -0.05) is 17.4 Å². The number of nitrogens with one attached hydrogen (secondary N) is 3. The molecular weight excluding hydrogens is 440 g/mol. The molecule has 0 aliphatic carbocycles. The van der Waals surface area contributed by atoms with E-state index in [1.807, 2.05) is 24.0 Å². The van der Waals surface area contributed by atoms with Gasteiger partial charge in [-0.2, -0.15) is 10.2 Å². The van der Waals surface area contributed by atoms with E-state index in [9.17, 15) is 9.59 Å². The van der Waals surface area contributed by atoms with E-state index in [0.717, 1.165) is 48.1 Å². The molecule has 0 radical (unpaired) electrons. The number of hydrogen-bond donors (Lipinski definition) is 3. The molecule has 1 fully saturated rings. The monoisotopic (exact) mass is 464 g/mol. The fourth-order valence-corrected chi connectivity index (χ4v) is 4.82. The van der Waals surface area contributed by atoms with E-state index in [0.29, 0.717) is 21.5 Å². The Labute approximate surface area is 194 Å². The fraction of sp³-hybridized carbons (Fsp3) is 0.318. The van der Waals surface area contributed by atoms with Crippen molar-refractivity contribution < 1.29 is 9.59 Å². The SMILES string of the molecule is Cc1ccc2[nH]ncc2c1NC(=O)c1sc(Nc2ccn(CC(=O)N3CCCC3)n2)nc1C. The largest absolute Gasteiger partial charge is 0.341 e. The molecule has 0 unspecified atom stereocenters. The minimum atomic E-state index is -0.225. The molecule has 1 saturated heterocycles. The number of aromatic nitrogens is 5. The lowest BCUT2D eigenvalue weighted by atomic mass is 10.1. The second-order valence-corrected chi connectivity index (χ2v) is 9.09. The Morgan fingerprint density at radius 3 is 2.82 bits per heavy atom. The molecule has 0 spiro atoms. The maximum Gasteiger partial charge on any atom is 0.267 e. The lowest BCUT2D eigenvalue weighted by molar-refractivity contribution is -0.130. The van der Waals surface area contributed by atoms with Crippen LogP contribution in [-0.2, 0) is 11.3 Å². The zero-order valence-corrected chi connectivity index (χ0v) is 19.2. The summed E-state index contributed by atoms with van der Waals surface area (Å²) >= 11 is 1.26. The molecule has 11 heteroatoms. The van der Waals surface area contributed by atoms with Crippen LogP contribution >= 0.6 is 11.3 Å². The third kappa shape index (κ3) is 4.31. The first-order chi connectivity index (χ1) is 16.0. The summed E-state index contributed by atoms with van der Waals surface area (Å²) in [6.45, 7) is 5.60. The number of amides is 2. The molecule has 1 aromatic carbocycles. The van der Waals surface area contributed by atoms with Crippen molar-refractivity contribution in [3.8, 4) is 0 Å². The van der Waals surface area contributed by atoms with Crippen LogP contribution in [-0.4, -0.2) is 54.8 Å². The normalized spacial score (nSPS) is 13.6. The number of aryl methyl sites for hydroxylation is 2. The minimum Gasteiger partial charge on any atom is -0.341 e. The van der Waals surface area contributed by atoms with Crippen LogP contribution in [0.15, 0.2) is 30.6 Å². The summed E-state index contributed by atoms with van der Waals surface area (Å²) in [6.07, 6.45) is 5.59. The van der Waals surface area contributed by atoms with Crippen molar-refractivity contribution in [1.29, 1.82) is 0 Å². The predicted molar refractivity (Wildman–Crippen MR) is 127 cm³/mol. The molecule has 1 aliphatic rings. The molecule has 0 atom stereocenters. The van der Waals surface area contributed by atoms with Gasteiger partial charge in [0.05, 0.1) is 23.1 Å². The summed E-state index contributed by atoms with van der Waals surface area (Å²) in [4.78, 5) is 32.2. The molecule has 5 rings (SSSR count). The number of nitrogens with zero attached hydrogens (tertiary/aromatic N) is 5. The van der Waals surface area contributed by atoms with Crippen LogP contribution < -0.4 is 10.6 Å². The third-order valence-electron chi connectivity index (χ3n) is 5.71. The second-order valence-electron chi connectivity index (χ2n) is 8.09. The molecule has 0 bridgehead atoms. The maximum absolute atomic E-state index is 13.0. The van der Waals surface area contributed by atoms with Crippen molar-refractivity contribution in [2.24, 2.45) is 0 Å². The summed E-state index contributed by atoms with van der Waals surface area (Å²) in [5, 5.41) is 19.0. The number of benzene rings is 1. The lowest BCUT2D eigenvalue weighted by Gasteiger charge is -2.14. The Morgan fingerprint density at radius 1 is 1.18 bits per heavy atom. The summed E-state index contributed by atoms with van der Waals surface area (Å²) in [5.74, 6) is 0.426. The Hall–Kier alpha value is -3.73. The quantitative estimate of drug-likeness (QED) is 0.402. The van der Waals surface area contributed by atoms with Gasteiger partial charge in [0.2, 0.25) is 5.91 Å². The van der Waals surface area contributed by atoms with Crippen LogP contribution in [0.2, 0.25) is 0 Å². The highest BCUT2D eigenvalue weighted by Crippen LogP contribution is 2.29. The van der Waals surface area contributed by atoms with Crippen LogP contribution in [0.4, 0.5) is 16.6 Å². The first-order valence-electron chi connectivity index (χ1n) is 10.8. The number of fused-ring (bicyclic) bond motifs is 1. The highest BCUT2D eigenvalue weighted by Gasteiger charge is 2.20. The number of carbonyl (C=O) groups is 2. The van der Waals surface area contributed by atoms with Gasteiger partial charge in [0.1, 0.15) is 11.4 Å². The molecule has 1 aliphatic heterocycles. The Kier molecular flexibility index (Phi) is 5.55. The second kappa shape index (κ2) is 8.66. The zero-order chi connectivity index (χ0) is 22.9. The number of hydrogen-bond acceptors (Lipinski definition) is 7. The summed E-state index contributed by atoms with van der Waals surface area (Å²) in [7, 11) is 0. The number of aromatic amines is 1. The average molecular weight is 465 g/mol. The van der Waals surface area contributed by atoms with E-state index in [2.05, 4.69) is 30.9 Å². The van der Waals surface area contributed by atoms with Crippen molar-refractivity contribution in [2.75, 3.05) is 23.7 Å². The topological polar surface area (TPSA) is 121 Å². The van der Waals surface area contributed by atoms with E-state index in [-0.39, 0.29) is 18.4 Å². The molecule has 3 aromatic heterocycles. The van der Waals surface area contributed by atoms with E-state index in [1.165, 1.54) is 11.3 Å². The zero-order valence-electron chi connectivity index (χ0n) is 18.4. The van der Waals surface area contributed by atoms with Gasteiger partial charge in [-0.3, -0.25) is 19.4 Å². The standard InChI is InChI=1S/C22H24N8O2S/c1-13-5-6-16-15(11-23-27-16)19(13)26-21(32)20-14(2)24-22(33-20)25-17-7-10-30(28-17)12-18(31)29-8-3-4-9-29/h5-7,10-11H,3-4,8-9,12H2,1-2H3,(H,23,27)(H,26,32)(H,24,25,28). The number of anilines is 3. The van der Waals surface area contributed by atoms with Gasteiger partial charge in [0.15, 0.2) is 10.9 Å². The highest BCUT2D eigenvalue weighted by molar-refractivity contribution is 7.17. The molecule has 4 aromatic rings. The van der Waals surface area contributed by atoms with Gasteiger partial charge in [-0.25, -0.2) is 4.98 Å². The fourth-order valence-electron chi connectivity index (χ4n) is 3.95. The highest BCUT2D eigenvalue weighted by atomic mass is 32.1. The predicted octanol–water partition coefficient (Wildman–Crippen LogP) is 3.45. The molecule has 3 N–H and O–H groups in total. The molecule has 0 saturated carbocycles.